The highest BCUT2D eigenvalue weighted by atomic mass is 16.5. The summed E-state index contributed by atoms with van der Waals surface area (Å²) in [5.41, 5.74) is 17.5. The first-order chi connectivity index (χ1) is 14.2. The molecule has 1 aliphatic rings. The van der Waals surface area contributed by atoms with Gasteiger partial charge in [-0.1, -0.05) is 48.5 Å². The standard InChI is InChI=1S/C23H23N5O/c1-2-29-15-28-13-12-26-23(25)22(28)21(24)18-9-8-17-10-11-19(27-20(17)14-18)16-6-4-3-5-7-16/h3-14H,2,15,24H2,1H3,(H2,25,26)/b22-21-. The van der Waals surface area contributed by atoms with Gasteiger partial charge in [-0.15, -0.1) is 0 Å². The number of nitrogens with two attached hydrogens (primary N) is 2. The molecule has 0 aliphatic carbocycles. The Kier molecular flexibility index (Phi) is 5.27. The van der Waals surface area contributed by atoms with E-state index in [-0.39, 0.29) is 0 Å². The lowest BCUT2D eigenvalue weighted by Crippen LogP contribution is -2.34. The topological polar surface area (TPSA) is 89.8 Å². The molecule has 1 aromatic heterocycles. The Morgan fingerprint density at radius 1 is 1.07 bits per heavy atom. The van der Waals surface area contributed by atoms with Crippen molar-refractivity contribution >= 4 is 22.4 Å². The number of aromatic nitrogens is 1. The van der Waals surface area contributed by atoms with Crippen molar-refractivity contribution in [3.63, 3.8) is 0 Å². The van der Waals surface area contributed by atoms with E-state index in [2.05, 4.69) is 11.1 Å². The molecule has 0 amide bonds. The number of ether oxygens (including phenoxy) is 1. The van der Waals surface area contributed by atoms with Crippen molar-refractivity contribution in [1.82, 2.24) is 9.88 Å². The van der Waals surface area contributed by atoms with Crippen LogP contribution in [-0.4, -0.2) is 29.1 Å². The predicted molar refractivity (Wildman–Crippen MR) is 117 cm³/mol. The molecule has 4 rings (SSSR count). The van der Waals surface area contributed by atoms with Crippen LogP contribution in [0.15, 0.2) is 83.8 Å². The van der Waals surface area contributed by atoms with Gasteiger partial charge in [-0.25, -0.2) is 9.98 Å². The summed E-state index contributed by atoms with van der Waals surface area (Å²) >= 11 is 0. The van der Waals surface area contributed by atoms with Crippen LogP contribution in [-0.2, 0) is 4.74 Å². The quantitative estimate of drug-likeness (QED) is 0.699. The fraction of sp³-hybridized carbons (Fsp3) is 0.130. The molecule has 6 heteroatoms. The van der Waals surface area contributed by atoms with Gasteiger partial charge in [-0.05, 0) is 19.1 Å². The number of amidine groups is 1. The number of hydrogen-bond donors (Lipinski definition) is 2. The van der Waals surface area contributed by atoms with Gasteiger partial charge < -0.3 is 21.1 Å². The van der Waals surface area contributed by atoms with Crippen molar-refractivity contribution in [3.8, 4) is 11.3 Å². The third-order valence-electron chi connectivity index (χ3n) is 4.75. The molecule has 6 nitrogen and oxygen atoms in total. The van der Waals surface area contributed by atoms with Gasteiger partial charge in [0.2, 0.25) is 0 Å². The van der Waals surface area contributed by atoms with Crippen LogP contribution in [0.5, 0.6) is 0 Å². The highest BCUT2D eigenvalue weighted by Gasteiger charge is 2.19. The van der Waals surface area contributed by atoms with Crippen LogP contribution >= 0.6 is 0 Å². The Labute approximate surface area is 169 Å². The minimum atomic E-state index is 0.350. The first-order valence-electron chi connectivity index (χ1n) is 9.48. The van der Waals surface area contributed by atoms with E-state index < -0.39 is 0 Å². The molecule has 1 aliphatic heterocycles. The van der Waals surface area contributed by atoms with E-state index in [0.717, 1.165) is 27.7 Å². The molecule has 4 N–H and O–H groups in total. The molecule has 0 bridgehead atoms. The molecule has 0 saturated heterocycles. The van der Waals surface area contributed by atoms with E-state index in [1.165, 1.54) is 0 Å². The highest BCUT2D eigenvalue weighted by molar-refractivity contribution is 6.04. The van der Waals surface area contributed by atoms with Crippen LogP contribution < -0.4 is 11.5 Å². The largest absolute Gasteiger partial charge is 0.396 e. The Bertz CT molecular complexity index is 1120. The molecule has 0 unspecified atom stereocenters. The normalized spacial score (nSPS) is 15.5. The van der Waals surface area contributed by atoms with Gasteiger partial charge in [0.15, 0.2) is 0 Å². The highest BCUT2D eigenvalue weighted by Crippen LogP contribution is 2.25. The third kappa shape index (κ3) is 3.83. The maximum atomic E-state index is 6.52. The monoisotopic (exact) mass is 385 g/mol. The fourth-order valence-corrected chi connectivity index (χ4v) is 3.26. The van der Waals surface area contributed by atoms with Crippen molar-refractivity contribution < 1.29 is 4.74 Å². The van der Waals surface area contributed by atoms with Crippen LogP contribution in [0.4, 0.5) is 0 Å². The lowest BCUT2D eigenvalue weighted by atomic mass is 10.0. The summed E-state index contributed by atoms with van der Waals surface area (Å²) in [4.78, 5) is 10.9. The predicted octanol–water partition coefficient (Wildman–Crippen LogP) is 3.67. The van der Waals surface area contributed by atoms with E-state index in [4.69, 9.17) is 21.2 Å². The van der Waals surface area contributed by atoms with Gasteiger partial charge in [0.25, 0.3) is 0 Å². The van der Waals surface area contributed by atoms with E-state index in [9.17, 15) is 0 Å². The molecule has 0 radical (unpaired) electrons. The van der Waals surface area contributed by atoms with Crippen molar-refractivity contribution in [3.05, 3.63) is 84.3 Å². The van der Waals surface area contributed by atoms with Crippen molar-refractivity contribution in [2.75, 3.05) is 13.3 Å². The van der Waals surface area contributed by atoms with E-state index in [1.807, 2.05) is 66.4 Å². The van der Waals surface area contributed by atoms with Crippen LogP contribution in [0.3, 0.4) is 0 Å². The molecule has 29 heavy (non-hydrogen) atoms. The van der Waals surface area contributed by atoms with Crippen LogP contribution in [0.25, 0.3) is 27.9 Å². The maximum Gasteiger partial charge on any atom is 0.149 e. The van der Waals surface area contributed by atoms with Gasteiger partial charge in [0.05, 0.1) is 16.9 Å². The molecule has 0 fully saturated rings. The number of pyridine rings is 1. The maximum absolute atomic E-state index is 6.52. The number of rotatable bonds is 5. The second-order valence-corrected chi connectivity index (χ2v) is 6.64. The molecular formula is C23H23N5O. The molecular weight excluding hydrogens is 362 g/mol. The zero-order valence-corrected chi connectivity index (χ0v) is 16.2. The van der Waals surface area contributed by atoms with Gasteiger partial charge in [0.1, 0.15) is 18.3 Å². The molecule has 0 saturated carbocycles. The summed E-state index contributed by atoms with van der Waals surface area (Å²) in [7, 11) is 0. The Balaban J connectivity index is 1.77. The molecule has 0 spiro atoms. The van der Waals surface area contributed by atoms with Gasteiger partial charge >= 0.3 is 0 Å². The fourth-order valence-electron chi connectivity index (χ4n) is 3.26. The third-order valence-corrected chi connectivity index (χ3v) is 4.75. The SMILES string of the molecule is CCOCN1C=CN=C(N)/C1=C(/N)c1ccc2ccc(-c3ccccc3)nc2c1. The second-order valence-electron chi connectivity index (χ2n) is 6.64. The minimum absolute atomic E-state index is 0.350. The number of benzene rings is 2. The summed E-state index contributed by atoms with van der Waals surface area (Å²) in [6.45, 7) is 2.89. The summed E-state index contributed by atoms with van der Waals surface area (Å²) in [5.74, 6) is 0.357. The molecule has 3 aromatic rings. The van der Waals surface area contributed by atoms with Gasteiger partial charge in [0, 0.05) is 35.5 Å². The number of nitrogens with zero attached hydrogens (tertiary/aromatic N) is 3. The average molecular weight is 385 g/mol. The summed E-state index contributed by atoms with van der Waals surface area (Å²) in [6, 6.07) is 20.2. The zero-order chi connectivity index (χ0) is 20.2. The number of fused-ring (bicyclic) bond motifs is 1. The van der Waals surface area contributed by atoms with Crippen molar-refractivity contribution in [2.45, 2.75) is 6.92 Å². The van der Waals surface area contributed by atoms with Crippen LogP contribution in [0.1, 0.15) is 12.5 Å². The lowest BCUT2D eigenvalue weighted by molar-refractivity contribution is 0.0814. The van der Waals surface area contributed by atoms with E-state index in [0.29, 0.717) is 30.6 Å². The summed E-state index contributed by atoms with van der Waals surface area (Å²) in [5, 5.41) is 1.04. The molecule has 0 atom stereocenters. The molecule has 146 valence electrons. The first kappa shape index (κ1) is 18.7. The van der Waals surface area contributed by atoms with Gasteiger partial charge in [-0.3, -0.25) is 0 Å². The number of hydrogen-bond acceptors (Lipinski definition) is 6. The zero-order valence-electron chi connectivity index (χ0n) is 16.2. The van der Waals surface area contributed by atoms with E-state index >= 15 is 0 Å². The lowest BCUT2D eigenvalue weighted by Gasteiger charge is -2.26. The van der Waals surface area contributed by atoms with E-state index in [1.54, 1.807) is 12.4 Å². The average Bonchev–Trinajstić information content (AvgIpc) is 2.77. The summed E-state index contributed by atoms with van der Waals surface area (Å²) in [6.07, 6.45) is 3.44. The van der Waals surface area contributed by atoms with Gasteiger partial charge in [-0.2, -0.15) is 0 Å². The number of aliphatic imine (C=N–C) groups is 1. The Hall–Kier alpha value is -3.64. The van der Waals surface area contributed by atoms with Crippen LogP contribution in [0.2, 0.25) is 0 Å². The minimum Gasteiger partial charge on any atom is -0.396 e. The summed E-state index contributed by atoms with van der Waals surface area (Å²) < 4.78 is 5.53. The van der Waals surface area contributed by atoms with Crippen molar-refractivity contribution in [2.24, 2.45) is 16.5 Å². The van der Waals surface area contributed by atoms with Crippen LogP contribution in [0, 0.1) is 0 Å². The Morgan fingerprint density at radius 2 is 1.86 bits per heavy atom. The molecule has 2 heterocycles. The van der Waals surface area contributed by atoms with Crippen molar-refractivity contribution in [1.29, 1.82) is 0 Å². The second kappa shape index (κ2) is 8.16. The molecule has 2 aromatic carbocycles. The smallest absolute Gasteiger partial charge is 0.149 e. The first-order valence-corrected chi connectivity index (χ1v) is 9.48. The Morgan fingerprint density at radius 3 is 2.66 bits per heavy atom.